The molecule has 0 radical (unpaired) electrons. The van der Waals surface area contributed by atoms with Crippen molar-refractivity contribution in [3.05, 3.63) is 156 Å². The number of hydrogen-bond acceptors (Lipinski definition) is 2. The first-order chi connectivity index (χ1) is 18.3. The summed E-state index contributed by atoms with van der Waals surface area (Å²) in [6.07, 6.45) is 0. The second-order valence-electron chi connectivity index (χ2n) is 9.43. The summed E-state index contributed by atoms with van der Waals surface area (Å²) in [6.45, 7) is 0. The molecule has 1 heterocycles. The first kappa shape index (κ1) is 21.5. The summed E-state index contributed by atoms with van der Waals surface area (Å²) in [6, 6.07) is 49.1. The molecule has 1 aromatic heterocycles. The van der Waals surface area contributed by atoms with Crippen LogP contribution in [0, 0.1) is 0 Å². The normalized spacial score (nSPS) is 12.2. The molecule has 0 aliphatic heterocycles. The average Bonchev–Trinajstić information content (AvgIpc) is 3.32. The van der Waals surface area contributed by atoms with Crippen molar-refractivity contribution in [2.45, 2.75) is 5.92 Å². The Hall–Kier alpha value is -4.82. The molecule has 0 spiro atoms. The molecule has 0 saturated carbocycles. The Balaban J connectivity index is 1.39. The minimum absolute atomic E-state index is 0.205. The maximum Gasteiger partial charge on any atom is 0.160 e. The summed E-state index contributed by atoms with van der Waals surface area (Å²) < 4.78 is 0. The van der Waals surface area contributed by atoms with Crippen molar-refractivity contribution >= 4 is 0 Å². The molecule has 0 fully saturated rings. The largest absolute Gasteiger partial charge is 0.228 e. The first-order valence-electron chi connectivity index (χ1n) is 12.6. The van der Waals surface area contributed by atoms with E-state index in [1.807, 2.05) is 24.3 Å². The second-order valence-corrected chi connectivity index (χ2v) is 9.43. The summed E-state index contributed by atoms with van der Waals surface area (Å²) in [5, 5.41) is 0. The van der Waals surface area contributed by atoms with Gasteiger partial charge in [-0.05, 0) is 39.9 Å². The van der Waals surface area contributed by atoms with Crippen LogP contribution in [0.1, 0.15) is 22.6 Å². The van der Waals surface area contributed by atoms with Crippen molar-refractivity contribution < 1.29 is 0 Å². The Morgan fingerprint density at radius 3 is 1.57 bits per heavy atom. The SMILES string of the molecule is c1ccc(-c2cc(-c3cccc(C4c5ccccc5-c5ccccc54)c3)nc(-c3ccccc3)n2)cc1. The lowest BCUT2D eigenvalue weighted by Gasteiger charge is -2.16. The fraction of sp³-hybridized carbons (Fsp3) is 0.0286. The van der Waals surface area contributed by atoms with Crippen LogP contribution >= 0.6 is 0 Å². The van der Waals surface area contributed by atoms with E-state index >= 15 is 0 Å². The van der Waals surface area contributed by atoms with Crippen LogP contribution in [0.2, 0.25) is 0 Å². The lowest BCUT2D eigenvalue weighted by atomic mass is 9.88. The van der Waals surface area contributed by atoms with Gasteiger partial charge < -0.3 is 0 Å². The van der Waals surface area contributed by atoms with Crippen LogP contribution in [0.25, 0.3) is 45.0 Å². The minimum atomic E-state index is 0.205. The van der Waals surface area contributed by atoms with Gasteiger partial charge in [0.15, 0.2) is 5.82 Å². The summed E-state index contributed by atoms with van der Waals surface area (Å²) in [4.78, 5) is 9.99. The zero-order valence-electron chi connectivity index (χ0n) is 20.3. The molecule has 1 aliphatic carbocycles. The van der Waals surface area contributed by atoms with E-state index in [1.165, 1.54) is 27.8 Å². The third-order valence-electron chi connectivity index (χ3n) is 7.18. The third kappa shape index (κ3) is 3.84. The number of rotatable bonds is 4. The molecule has 0 unspecified atom stereocenters. The number of aromatic nitrogens is 2. The van der Waals surface area contributed by atoms with Crippen LogP contribution in [-0.2, 0) is 0 Å². The second kappa shape index (κ2) is 9.00. The molecule has 6 aromatic rings. The highest BCUT2D eigenvalue weighted by Crippen LogP contribution is 2.48. The van der Waals surface area contributed by atoms with E-state index in [9.17, 15) is 0 Å². The van der Waals surface area contributed by atoms with E-state index in [-0.39, 0.29) is 5.92 Å². The van der Waals surface area contributed by atoms with Crippen molar-refractivity contribution in [3.8, 4) is 45.0 Å². The zero-order chi connectivity index (χ0) is 24.6. The van der Waals surface area contributed by atoms with Gasteiger partial charge >= 0.3 is 0 Å². The Kier molecular flexibility index (Phi) is 5.22. The summed E-state index contributed by atoms with van der Waals surface area (Å²) in [5.74, 6) is 0.940. The van der Waals surface area contributed by atoms with E-state index in [4.69, 9.17) is 9.97 Å². The van der Waals surface area contributed by atoms with Crippen LogP contribution in [0.15, 0.2) is 140 Å². The predicted octanol–water partition coefficient (Wildman–Crippen LogP) is 8.64. The van der Waals surface area contributed by atoms with Crippen LogP contribution in [0.3, 0.4) is 0 Å². The molecule has 0 bridgehead atoms. The molecule has 37 heavy (non-hydrogen) atoms. The summed E-state index contributed by atoms with van der Waals surface area (Å²) in [7, 11) is 0. The minimum Gasteiger partial charge on any atom is -0.228 e. The standard InChI is InChI=1S/C35H24N2/c1-3-12-24(13-4-1)32-23-33(37-35(36-32)25-14-5-2-6-15-25)26-16-11-17-27(22-26)34-30-20-9-7-18-28(30)29-19-8-10-21-31(29)34/h1-23,34H. The third-order valence-corrected chi connectivity index (χ3v) is 7.18. The van der Waals surface area contributed by atoms with Crippen molar-refractivity contribution in [3.63, 3.8) is 0 Å². The summed E-state index contributed by atoms with van der Waals surface area (Å²) >= 11 is 0. The predicted molar refractivity (Wildman–Crippen MR) is 151 cm³/mol. The molecular weight excluding hydrogens is 448 g/mol. The van der Waals surface area contributed by atoms with Gasteiger partial charge in [-0.3, -0.25) is 0 Å². The van der Waals surface area contributed by atoms with Gasteiger partial charge in [0.05, 0.1) is 11.4 Å². The van der Waals surface area contributed by atoms with Crippen LogP contribution < -0.4 is 0 Å². The molecule has 1 aliphatic rings. The van der Waals surface area contributed by atoms with Crippen LogP contribution in [-0.4, -0.2) is 9.97 Å². The molecule has 2 heteroatoms. The smallest absolute Gasteiger partial charge is 0.160 e. The fourth-order valence-corrected chi connectivity index (χ4v) is 5.46. The Morgan fingerprint density at radius 1 is 0.405 bits per heavy atom. The first-order valence-corrected chi connectivity index (χ1v) is 12.6. The Labute approximate surface area is 217 Å². The topological polar surface area (TPSA) is 25.8 Å². The number of fused-ring (bicyclic) bond motifs is 3. The van der Waals surface area contributed by atoms with Gasteiger partial charge in [-0.2, -0.15) is 0 Å². The van der Waals surface area contributed by atoms with Gasteiger partial charge in [0.25, 0.3) is 0 Å². The van der Waals surface area contributed by atoms with Crippen molar-refractivity contribution in [1.29, 1.82) is 0 Å². The molecule has 0 atom stereocenters. The highest BCUT2D eigenvalue weighted by molar-refractivity contribution is 5.81. The van der Waals surface area contributed by atoms with Gasteiger partial charge in [-0.1, -0.05) is 127 Å². The maximum absolute atomic E-state index is 5.04. The fourth-order valence-electron chi connectivity index (χ4n) is 5.46. The average molecular weight is 473 g/mol. The van der Waals surface area contributed by atoms with Gasteiger partial charge in [-0.25, -0.2) is 9.97 Å². The van der Waals surface area contributed by atoms with E-state index in [0.717, 1.165) is 33.9 Å². The maximum atomic E-state index is 5.04. The molecule has 0 amide bonds. The number of hydrogen-bond donors (Lipinski definition) is 0. The van der Waals surface area contributed by atoms with Gasteiger partial charge in [0, 0.05) is 22.6 Å². The van der Waals surface area contributed by atoms with Crippen molar-refractivity contribution in [1.82, 2.24) is 9.97 Å². The lowest BCUT2D eigenvalue weighted by molar-refractivity contribution is 1.01. The molecule has 2 nitrogen and oxygen atoms in total. The molecule has 7 rings (SSSR count). The molecular formula is C35H24N2. The van der Waals surface area contributed by atoms with E-state index in [2.05, 4.69) is 115 Å². The number of nitrogens with zero attached hydrogens (tertiary/aromatic N) is 2. The Bertz CT molecular complexity index is 1620. The number of benzene rings is 5. The lowest BCUT2D eigenvalue weighted by Crippen LogP contribution is -2.00. The molecule has 5 aromatic carbocycles. The van der Waals surface area contributed by atoms with E-state index in [1.54, 1.807) is 0 Å². The molecule has 0 saturated heterocycles. The Morgan fingerprint density at radius 2 is 0.919 bits per heavy atom. The van der Waals surface area contributed by atoms with Gasteiger partial charge in [0.2, 0.25) is 0 Å². The quantitative estimate of drug-likeness (QED) is 0.256. The van der Waals surface area contributed by atoms with Crippen LogP contribution in [0.5, 0.6) is 0 Å². The molecule has 0 N–H and O–H groups in total. The van der Waals surface area contributed by atoms with Crippen molar-refractivity contribution in [2.24, 2.45) is 0 Å². The van der Waals surface area contributed by atoms with Crippen LogP contribution in [0.4, 0.5) is 0 Å². The zero-order valence-corrected chi connectivity index (χ0v) is 20.3. The summed E-state index contributed by atoms with van der Waals surface area (Å²) in [5.41, 5.74) is 11.7. The van der Waals surface area contributed by atoms with Gasteiger partial charge in [-0.15, -0.1) is 0 Å². The highest BCUT2D eigenvalue weighted by atomic mass is 14.9. The monoisotopic (exact) mass is 472 g/mol. The van der Waals surface area contributed by atoms with Gasteiger partial charge in [0.1, 0.15) is 0 Å². The van der Waals surface area contributed by atoms with E-state index in [0.29, 0.717) is 0 Å². The molecule has 174 valence electrons. The van der Waals surface area contributed by atoms with E-state index < -0.39 is 0 Å². The van der Waals surface area contributed by atoms with Crippen molar-refractivity contribution in [2.75, 3.05) is 0 Å². The highest BCUT2D eigenvalue weighted by Gasteiger charge is 2.29.